The molecule has 1 atom stereocenters. The molecule has 0 spiro atoms. The zero-order chi connectivity index (χ0) is 16.3. The molecule has 1 heterocycles. The third-order valence-electron chi connectivity index (χ3n) is 4.24. The Morgan fingerprint density at radius 3 is 2.91 bits per heavy atom. The number of carbonyl (C=O) groups is 1. The van der Waals surface area contributed by atoms with E-state index in [-0.39, 0.29) is 16.8 Å². The van der Waals surface area contributed by atoms with Gasteiger partial charge in [-0.05, 0) is 52.4 Å². The van der Waals surface area contributed by atoms with Crippen LogP contribution in [0.3, 0.4) is 0 Å². The predicted octanol–water partition coefficient (Wildman–Crippen LogP) is 2.76. The molecule has 0 saturated heterocycles. The summed E-state index contributed by atoms with van der Waals surface area (Å²) in [6, 6.07) is 0.490. The fourth-order valence-electron chi connectivity index (χ4n) is 2.69. The average Bonchev–Trinajstić information content (AvgIpc) is 2.88. The van der Waals surface area contributed by atoms with Crippen LogP contribution in [-0.2, 0) is 12.8 Å². The number of aromatic nitrogens is 2. The Bertz CT molecular complexity index is 524. The summed E-state index contributed by atoms with van der Waals surface area (Å²) >= 11 is 1.76. The first-order chi connectivity index (χ1) is 10.3. The molecule has 1 aromatic rings. The maximum atomic E-state index is 12.1. The maximum absolute atomic E-state index is 12.1. The van der Waals surface area contributed by atoms with E-state index in [1.165, 1.54) is 11.3 Å². The highest BCUT2D eigenvalue weighted by molar-refractivity contribution is 7.99. The maximum Gasteiger partial charge on any atom is 0.315 e. The number of rotatable bonds is 5. The number of thioether (sulfide) groups is 1. The van der Waals surface area contributed by atoms with Crippen molar-refractivity contribution in [2.75, 3.05) is 12.8 Å². The molecule has 2 N–H and O–H groups in total. The molecular formula is C16H28N4OS. The molecule has 1 aromatic heterocycles. The average molecular weight is 324 g/mol. The van der Waals surface area contributed by atoms with Crippen molar-refractivity contribution in [3.05, 3.63) is 17.5 Å². The van der Waals surface area contributed by atoms with E-state index in [0.29, 0.717) is 12.6 Å². The largest absolute Gasteiger partial charge is 0.337 e. The van der Waals surface area contributed by atoms with Crippen molar-refractivity contribution in [1.29, 1.82) is 0 Å². The standard InChI is InChI=1S/C16H28N4OS/c1-11(2)20-14-8-13(7-6-12(14)9-18-20)19-15(21)17-10-16(3,4)22-5/h9,11,13H,6-8,10H2,1-5H3,(H2,17,19,21)/t13-/m0/s1. The zero-order valence-electron chi connectivity index (χ0n) is 14.3. The molecule has 0 fully saturated rings. The molecule has 1 aliphatic carbocycles. The second kappa shape index (κ2) is 6.94. The number of carbonyl (C=O) groups excluding carboxylic acids is 1. The van der Waals surface area contributed by atoms with Crippen molar-refractivity contribution in [3.63, 3.8) is 0 Å². The molecule has 124 valence electrons. The minimum Gasteiger partial charge on any atom is -0.337 e. The van der Waals surface area contributed by atoms with Gasteiger partial charge in [-0.3, -0.25) is 4.68 Å². The smallest absolute Gasteiger partial charge is 0.315 e. The molecule has 0 unspecified atom stereocenters. The molecule has 22 heavy (non-hydrogen) atoms. The van der Waals surface area contributed by atoms with E-state index in [1.807, 2.05) is 6.20 Å². The van der Waals surface area contributed by atoms with E-state index >= 15 is 0 Å². The van der Waals surface area contributed by atoms with Crippen molar-refractivity contribution < 1.29 is 4.79 Å². The molecule has 6 heteroatoms. The molecule has 0 saturated carbocycles. The van der Waals surface area contributed by atoms with Gasteiger partial charge in [0.25, 0.3) is 0 Å². The highest BCUT2D eigenvalue weighted by atomic mass is 32.2. The number of urea groups is 1. The van der Waals surface area contributed by atoms with Crippen molar-refractivity contribution in [1.82, 2.24) is 20.4 Å². The van der Waals surface area contributed by atoms with Crippen LogP contribution < -0.4 is 10.6 Å². The third-order valence-corrected chi connectivity index (χ3v) is 5.49. The Hall–Kier alpha value is -1.17. The lowest BCUT2D eigenvalue weighted by atomic mass is 9.93. The minimum absolute atomic E-state index is 0.0628. The Kier molecular flexibility index (Phi) is 5.42. The van der Waals surface area contributed by atoms with Gasteiger partial charge in [-0.25, -0.2) is 4.79 Å². The van der Waals surface area contributed by atoms with Gasteiger partial charge in [-0.2, -0.15) is 16.9 Å². The number of amides is 2. The van der Waals surface area contributed by atoms with Crippen LogP contribution in [0.1, 0.15) is 51.4 Å². The summed E-state index contributed by atoms with van der Waals surface area (Å²) in [6.07, 6.45) is 6.88. The van der Waals surface area contributed by atoms with E-state index < -0.39 is 0 Å². The molecule has 2 amide bonds. The number of hydrogen-bond acceptors (Lipinski definition) is 3. The number of fused-ring (bicyclic) bond motifs is 1. The number of aryl methyl sites for hydroxylation is 1. The van der Waals surface area contributed by atoms with Crippen molar-refractivity contribution in [3.8, 4) is 0 Å². The normalized spacial score (nSPS) is 18.2. The third kappa shape index (κ3) is 4.18. The van der Waals surface area contributed by atoms with Crippen molar-refractivity contribution in [2.45, 2.75) is 63.8 Å². The number of hydrogen-bond donors (Lipinski definition) is 2. The topological polar surface area (TPSA) is 59.0 Å². The number of nitrogens with one attached hydrogen (secondary N) is 2. The van der Waals surface area contributed by atoms with Crippen LogP contribution in [0.25, 0.3) is 0 Å². The van der Waals surface area contributed by atoms with E-state index in [1.54, 1.807) is 11.8 Å². The highest BCUT2D eigenvalue weighted by Gasteiger charge is 2.25. The van der Waals surface area contributed by atoms with E-state index in [9.17, 15) is 4.79 Å². The molecule has 2 rings (SSSR count). The first-order valence-electron chi connectivity index (χ1n) is 7.97. The van der Waals surface area contributed by atoms with E-state index in [2.05, 4.69) is 54.4 Å². The van der Waals surface area contributed by atoms with Gasteiger partial charge < -0.3 is 10.6 Å². The Balaban J connectivity index is 1.90. The first kappa shape index (κ1) is 17.2. The van der Waals surface area contributed by atoms with E-state index in [4.69, 9.17) is 0 Å². The lowest BCUT2D eigenvalue weighted by molar-refractivity contribution is 0.234. The number of nitrogens with zero attached hydrogens (tertiary/aromatic N) is 2. The quantitative estimate of drug-likeness (QED) is 0.875. The van der Waals surface area contributed by atoms with Gasteiger partial charge in [-0.1, -0.05) is 0 Å². The summed E-state index contributed by atoms with van der Waals surface area (Å²) in [5, 5.41) is 10.6. The second-order valence-electron chi connectivity index (χ2n) is 6.89. The van der Waals surface area contributed by atoms with Gasteiger partial charge in [0.15, 0.2) is 0 Å². The van der Waals surface area contributed by atoms with Crippen LogP contribution in [0.15, 0.2) is 6.20 Å². The molecule has 0 radical (unpaired) electrons. The SMILES string of the molecule is CSC(C)(C)CNC(=O)N[C@H]1CCc2cnn(C(C)C)c2C1. The van der Waals surface area contributed by atoms with Crippen LogP contribution in [0.2, 0.25) is 0 Å². The summed E-state index contributed by atoms with van der Waals surface area (Å²) in [7, 11) is 0. The summed E-state index contributed by atoms with van der Waals surface area (Å²) in [5.41, 5.74) is 2.60. The molecule has 0 aromatic carbocycles. The van der Waals surface area contributed by atoms with Gasteiger partial charge in [0, 0.05) is 35.5 Å². The predicted molar refractivity (Wildman–Crippen MR) is 92.6 cm³/mol. The summed E-state index contributed by atoms with van der Waals surface area (Å²) < 4.78 is 2.14. The molecule has 5 nitrogen and oxygen atoms in total. The highest BCUT2D eigenvalue weighted by Crippen LogP contribution is 2.24. The van der Waals surface area contributed by atoms with Gasteiger partial charge in [0.1, 0.15) is 0 Å². The van der Waals surface area contributed by atoms with Crippen molar-refractivity contribution in [2.24, 2.45) is 0 Å². The van der Waals surface area contributed by atoms with Gasteiger partial charge in [0.05, 0.1) is 6.20 Å². The first-order valence-corrected chi connectivity index (χ1v) is 9.19. The molecule has 0 aliphatic heterocycles. The lowest BCUT2D eigenvalue weighted by Gasteiger charge is -2.27. The van der Waals surface area contributed by atoms with Gasteiger partial charge in [-0.15, -0.1) is 0 Å². The van der Waals surface area contributed by atoms with Crippen LogP contribution in [-0.4, -0.2) is 39.4 Å². The fraction of sp³-hybridized carbons (Fsp3) is 0.750. The monoisotopic (exact) mass is 324 g/mol. The van der Waals surface area contributed by atoms with Crippen LogP contribution >= 0.6 is 11.8 Å². The molecule has 1 aliphatic rings. The van der Waals surface area contributed by atoms with Crippen LogP contribution in [0, 0.1) is 0 Å². The second-order valence-corrected chi connectivity index (χ2v) is 8.40. The van der Waals surface area contributed by atoms with Gasteiger partial charge in [0.2, 0.25) is 0 Å². The Morgan fingerprint density at radius 1 is 1.55 bits per heavy atom. The van der Waals surface area contributed by atoms with E-state index in [0.717, 1.165) is 19.3 Å². The fourth-order valence-corrected chi connectivity index (χ4v) is 2.91. The summed E-state index contributed by atoms with van der Waals surface area (Å²) in [6.45, 7) is 9.21. The minimum atomic E-state index is -0.0637. The Labute approximate surface area is 137 Å². The summed E-state index contributed by atoms with van der Waals surface area (Å²) in [4.78, 5) is 12.1. The zero-order valence-corrected chi connectivity index (χ0v) is 15.1. The molecular weight excluding hydrogens is 296 g/mol. The van der Waals surface area contributed by atoms with Gasteiger partial charge >= 0.3 is 6.03 Å². The van der Waals surface area contributed by atoms with Crippen molar-refractivity contribution >= 4 is 17.8 Å². The van der Waals surface area contributed by atoms with Crippen LogP contribution in [0.5, 0.6) is 0 Å². The lowest BCUT2D eigenvalue weighted by Crippen LogP contribution is -2.47. The Morgan fingerprint density at radius 2 is 2.27 bits per heavy atom. The van der Waals surface area contributed by atoms with Crippen LogP contribution in [0.4, 0.5) is 4.79 Å². The molecule has 0 bridgehead atoms. The summed E-state index contributed by atoms with van der Waals surface area (Å²) in [5.74, 6) is 0.